The Kier molecular flexibility index (Phi) is 5.91. The number of hydrogen-bond donors (Lipinski definition) is 1. The monoisotopic (exact) mass is 220 g/mol. The number of benzene rings is 1. The molecule has 2 nitrogen and oxygen atoms in total. The van der Waals surface area contributed by atoms with E-state index in [4.69, 9.17) is 5.26 Å². The van der Waals surface area contributed by atoms with Crippen LogP contribution in [0.5, 0.6) is 0 Å². The summed E-state index contributed by atoms with van der Waals surface area (Å²) in [5.41, 5.74) is 1.95. The highest BCUT2D eigenvalue weighted by Gasteiger charge is 1.93. The first-order valence-electron chi connectivity index (χ1n) is 5.14. The van der Waals surface area contributed by atoms with Crippen molar-refractivity contribution >= 4 is 11.8 Å². The van der Waals surface area contributed by atoms with Gasteiger partial charge in [0.1, 0.15) is 0 Å². The Bertz CT molecular complexity index is 313. The van der Waals surface area contributed by atoms with Crippen LogP contribution in [0.25, 0.3) is 0 Å². The Hall–Kier alpha value is -0.980. The van der Waals surface area contributed by atoms with Gasteiger partial charge in [0, 0.05) is 18.8 Å². The van der Waals surface area contributed by atoms with Crippen molar-refractivity contribution in [1.82, 2.24) is 5.32 Å². The Balaban J connectivity index is 2.23. The van der Waals surface area contributed by atoms with Gasteiger partial charge in [-0.3, -0.25) is 0 Å². The summed E-state index contributed by atoms with van der Waals surface area (Å²) in [6.45, 7) is 4.10. The first-order valence-corrected chi connectivity index (χ1v) is 6.29. The minimum Gasteiger partial charge on any atom is -0.312 e. The predicted molar refractivity (Wildman–Crippen MR) is 65.9 cm³/mol. The average molecular weight is 220 g/mol. The van der Waals surface area contributed by atoms with Crippen LogP contribution >= 0.6 is 11.8 Å². The van der Waals surface area contributed by atoms with E-state index in [2.05, 4.69) is 18.3 Å². The minimum absolute atomic E-state index is 0.722. The molecule has 0 saturated carbocycles. The molecule has 0 heterocycles. The van der Waals surface area contributed by atoms with Crippen molar-refractivity contribution in [3.63, 3.8) is 0 Å². The van der Waals surface area contributed by atoms with Crippen LogP contribution in [0.4, 0.5) is 0 Å². The summed E-state index contributed by atoms with van der Waals surface area (Å²) in [7, 11) is 0. The van der Waals surface area contributed by atoms with Crippen molar-refractivity contribution in [1.29, 1.82) is 5.26 Å². The fraction of sp³-hybridized carbons (Fsp3) is 0.417. The lowest BCUT2D eigenvalue weighted by atomic mass is 10.1. The number of thioether (sulfide) groups is 1. The summed E-state index contributed by atoms with van der Waals surface area (Å²) in [5.74, 6) is 2.34. The molecule has 0 spiro atoms. The summed E-state index contributed by atoms with van der Waals surface area (Å²) in [6.07, 6.45) is 0. The molecule has 1 aromatic rings. The van der Waals surface area contributed by atoms with E-state index < -0.39 is 0 Å². The standard InChI is InChI=1S/C12H16N2S/c1-2-15-8-7-14-10-12-5-3-11(9-13)4-6-12/h3-6,14H,2,7-8,10H2,1H3. The van der Waals surface area contributed by atoms with Crippen LogP contribution in [0.2, 0.25) is 0 Å². The van der Waals surface area contributed by atoms with Gasteiger partial charge >= 0.3 is 0 Å². The summed E-state index contributed by atoms with van der Waals surface area (Å²) >= 11 is 1.94. The normalized spacial score (nSPS) is 9.87. The van der Waals surface area contributed by atoms with Gasteiger partial charge in [-0.2, -0.15) is 17.0 Å². The second-order valence-electron chi connectivity index (χ2n) is 3.18. The Morgan fingerprint density at radius 1 is 1.33 bits per heavy atom. The summed E-state index contributed by atoms with van der Waals surface area (Å²) in [4.78, 5) is 0. The zero-order valence-corrected chi connectivity index (χ0v) is 9.81. The maximum absolute atomic E-state index is 8.63. The lowest BCUT2D eigenvalue weighted by Gasteiger charge is -2.04. The fourth-order valence-electron chi connectivity index (χ4n) is 1.22. The van der Waals surface area contributed by atoms with Crippen LogP contribution in [0.1, 0.15) is 18.1 Å². The van der Waals surface area contributed by atoms with Gasteiger partial charge in [0.05, 0.1) is 11.6 Å². The molecule has 0 radical (unpaired) electrons. The zero-order chi connectivity index (χ0) is 10.9. The van der Waals surface area contributed by atoms with Crippen molar-refractivity contribution < 1.29 is 0 Å². The van der Waals surface area contributed by atoms with E-state index in [1.54, 1.807) is 0 Å². The van der Waals surface area contributed by atoms with Crippen LogP contribution in [0.3, 0.4) is 0 Å². The summed E-state index contributed by atoms with van der Waals surface area (Å²) in [5, 5.41) is 12.0. The van der Waals surface area contributed by atoms with E-state index in [-0.39, 0.29) is 0 Å². The Morgan fingerprint density at radius 3 is 2.67 bits per heavy atom. The number of nitriles is 1. The van der Waals surface area contributed by atoms with Crippen LogP contribution < -0.4 is 5.32 Å². The number of nitrogens with zero attached hydrogens (tertiary/aromatic N) is 1. The fourth-order valence-corrected chi connectivity index (χ4v) is 1.80. The Labute approximate surface area is 95.7 Å². The van der Waals surface area contributed by atoms with Crippen molar-refractivity contribution in [3.8, 4) is 6.07 Å². The van der Waals surface area contributed by atoms with E-state index in [1.807, 2.05) is 36.0 Å². The summed E-state index contributed by atoms with van der Waals surface area (Å²) in [6, 6.07) is 9.83. The van der Waals surface area contributed by atoms with Gasteiger partial charge in [-0.05, 0) is 23.4 Å². The molecule has 0 atom stereocenters. The van der Waals surface area contributed by atoms with Crippen molar-refractivity contribution in [2.75, 3.05) is 18.1 Å². The molecule has 15 heavy (non-hydrogen) atoms. The molecule has 0 bridgehead atoms. The molecule has 0 saturated heterocycles. The molecule has 0 aliphatic carbocycles. The Morgan fingerprint density at radius 2 is 2.07 bits per heavy atom. The summed E-state index contributed by atoms with van der Waals surface area (Å²) < 4.78 is 0. The minimum atomic E-state index is 0.722. The average Bonchev–Trinajstić information content (AvgIpc) is 2.30. The second-order valence-corrected chi connectivity index (χ2v) is 4.58. The van der Waals surface area contributed by atoms with Crippen LogP contribution in [0.15, 0.2) is 24.3 Å². The highest BCUT2D eigenvalue weighted by Crippen LogP contribution is 2.03. The van der Waals surface area contributed by atoms with Crippen LogP contribution in [-0.4, -0.2) is 18.1 Å². The second kappa shape index (κ2) is 7.33. The molecule has 3 heteroatoms. The van der Waals surface area contributed by atoms with Gasteiger partial charge in [-0.25, -0.2) is 0 Å². The van der Waals surface area contributed by atoms with Gasteiger partial charge in [0.2, 0.25) is 0 Å². The number of nitrogens with one attached hydrogen (secondary N) is 1. The molecule has 0 amide bonds. The predicted octanol–water partition coefficient (Wildman–Crippen LogP) is 2.40. The van der Waals surface area contributed by atoms with E-state index in [0.29, 0.717) is 0 Å². The third-order valence-corrected chi connectivity index (χ3v) is 2.94. The van der Waals surface area contributed by atoms with Crippen LogP contribution in [0, 0.1) is 11.3 Å². The molecule has 1 N–H and O–H groups in total. The van der Waals surface area contributed by atoms with Crippen LogP contribution in [-0.2, 0) is 6.54 Å². The molecular formula is C12H16N2S. The molecule has 0 aliphatic heterocycles. The van der Waals surface area contributed by atoms with Crippen molar-refractivity contribution in [3.05, 3.63) is 35.4 Å². The molecule has 80 valence electrons. The maximum atomic E-state index is 8.63. The largest absolute Gasteiger partial charge is 0.312 e. The van der Waals surface area contributed by atoms with E-state index in [9.17, 15) is 0 Å². The molecule has 1 rings (SSSR count). The smallest absolute Gasteiger partial charge is 0.0991 e. The lowest BCUT2D eigenvalue weighted by molar-refractivity contribution is 0.732. The third-order valence-electron chi connectivity index (χ3n) is 2.04. The molecule has 0 fully saturated rings. The van der Waals surface area contributed by atoms with Gasteiger partial charge in [0.15, 0.2) is 0 Å². The molecule has 0 aromatic heterocycles. The highest BCUT2D eigenvalue weighted by atomic mass is 32.2. The van der Waals surface area contributed by atoms with Crippen molar-refractivity contribution in [2.24, 2.45) is 0 Å². The first-order chi connectivity index (χ1) is 7.36. The quantitative estimate of drug-likeness (QED) is 0.748. The van der Waals surface area contributed by atoms with Gasteiger partial charge in [0.25, 0.3) is 0 Å². The lowest BCUT2D eigenvalue weighted by Crippen LogP contribution is -2.16. The number of hydrogen-bond acceptors (Lipinski definition) is 3. The van der Waals surface area contributed by atoms with Crippen molar-refractivity contribution in [2.45, 2.75) is 13.5 Å². The maximum Gasteiger partial charge on any atom is 0.0991 e. The molecule has 0 unspecified atom stereocenters. The molecule has 1 aromatic carbocycles. The molecular weight excluding hydrogens is 204 g/mol. The van der Waals surface area contributed by atoms with Gasteiger partial charge in [-0.1, -0.05) is 19.1 Å². The SMILES string of the molecule is CCSCCNCc1ccc(C#N)cc1. The van der Waals surface area contributed by atoms with Gasteiger partial charge in [-0.15, -0.1) is 0 Å². The highest BCUT2D eigenvalue weighted by molar-refractivity contribution is 7.99. The third kappa shape index (κ3) is 4.87. The van der Waals surface area contributed by atoms with E-state index >= 15 is 0 Å². The zero-order valence-electron chi connectivity index (χ0n) is 8.99. The first kappa shape index (κ1) is 12.1. The molecule has 0 aliphatic rings. The van der Waals surface area contributed by atoms with E-state index in [1.165, 1.54) is 11.3 Å². The van der Waals surface area contributed by atoms with E-state index in [0.717, 1.165) is 24.4 Å². The number of rotatable bonds is 6. The van der Waals surface area contributed by atoms with Gasteiger partial charge < -0.3 is 5.32 Å². The topological polar surface area (TPSA) is 35.8 Å².